The van der Waals surface area contributed by atoms with Crippen molar-refractivity contribution >= 4 is 17.5 Å². The first-order valence-corrected chi connectivity index (χ1v) is 9.60. The van der Waals surface area contributed by atoms with Crippen molar-refractivity contribution < 1.29 is 4.79 Å². The van der Waals surface area contributed by atoms with E-state index in [1.807, 2.05) is 26.0 Å². The van der Waals surface area contributed by atoms with Crippen molar-refractivity contribution in [3.05, 3.63) is 46.5 Å². The summed E-state index contributed by atoms with van der Waals surface area (Å²) in [6.45, 7) is 8.00. The molecule has 1 unspecified atom stereocenters. The van der Waals surface area contributed by atoms with Crippen LogP contribution in [0.4, 0.5) is 0 Å². The van der Waals surface area contributed by atoms with Crippen LogP contribution in [0.15, 0.2) is 24.3 Å². The van der Waals surface area contributed by atoms with E-state index in [4.69, 9.17) is 11.6 Å². The largest absolute Gasteiger partial charge is 0.349 e. The smallest absolute Gasteiger partial charge is 0.223 e. The number of hydrogen-bond donors (Lipinski definition) is 1. The van der Waals surface area contributed by atoms with E-state index in [-0.39, 0.29) is 11.8 Å². The Balaban J connectivity index is 1.59. The molecule has 1 aromatic heterocycles. The van der Waals surface area contributed by atoms with E-state index in [1.165, 1.54) is 5.56 Å². The molecule has 2 aromatic rings. The van der Waals surface area contributed by atoms with E-state index >= 15 is 0 Å². The number of halogens is 1. The van der Waals surface area contributed by atoms with Gasteiger partial charge in [0.2, 0.25) is 5.91 Å². The van der Waals surface area contributed by atoms with Crippen LogP contribution in [-0.2, 0) is 30.8 Å². The summed E-state index contributed by atoms with van der Waals surface area (Å²) in [7, 11) is 0. The lowest BCUT2D eigenvalue weighted by Crippen LogP contribution is -2.30. The van der Waals surface area contributed by atoms with Gasteiger partial charge in [0.1, 0.15) is 5.82 Å². The molecule has 0 saturated carbocycles. The van der Waals surface area contributed by atoms with Crippen molar-refractivity contribution in [2.45, 2.75) is 46.3 Å². The van der Waals surface area contributed by atoms with E-state index in [0.717, 1.165) is 55.7 Å². The predicted molar refractivity (Wildman–Crippen MR) is 102 cm³/mol. The minimum Gasteiger partial charge on any atom is -0.349 e. The molecule has 0 bridgehead atoms. The van der Waals surface area contributed by atoms with Gasteiger partial charge in [-0.3, -0.25) is 9.69 Å². The third kappa shape index (κ3) is 4.62. The van der Waals surface area contributed by atoms with Crippen LogP contribution < -0.4 is 5.32 Å². The third-order valence-corrected chi connectivity index (χ3v) is 5.25. The summed E-state index contributed by atoms with van der Waals surface area (Å²) in [6.07, 6.45) is 1.70. The number of amides is 1. The van der Waals surface area contributed by atoms with E-state index < -0.39 is 0 Å². The highest BCUT2D eigenvalue weighted by atomic mass is 35.5. The van der Waals surface area contributed by atoms with Crippen LogP contribution in [0.1, 0.15) is 37.5 Å². The van der Waals surface area contributed by atoms with E-state index in [9.17, 15) is 4.79 Å². The topological polar surface area (TPSA) is 63.1 Å². The summed E-state index contributed by atoms with van der Waals surface area (Å²) < 4.78 is 2.15. The quantitative estimate of drug-likeness (QED) is 0.843. The predicted octanol–water partition coefficient (Wildman–Crippen LogP) is 2.65. The highest BCUT2D eigenvalue weighted by molar-refractivity contribution is 6.30. The van der Waals surface area contributed by atoms with Gasteiger partial charge in [-0.05, 0) is 24.1 Å². The van der Waals surface area contributed by atoms with Gasteiger partial charge in [-0.2, -0.15) is 0 Å². The first kappa shape index (κ1) is 18.9. The molecule has 1 aliphatic heterocycles. The number of fused-ring (bicyclic) bond motifs is 1. The fourth-order valence-electron chi connectivity index (χ4n) is 3.09. The Bertz CT molecular complexity index is 743. The molecule has 26 heavy (non-hydrogen) atoms. The Morgan fingerprint density at radius 2 is 2.00 bits per heavy atom. The zero-order valence-electron chi connectivity index (χ0n) is 15.4. The average Bonchev–Trinajstić information content (AvgIpc) is 2.93. The van der Waals surface area contributed by atoms with Crippen LogP contribution in [0.3, 0.4) is 0 Å². The molecule has 7 heteroatoms. The zero-order valence-corrected chi connectivity index (χ0v) is 16.2. The van der Waals surface area contributed by atoms with Gasteiger partial charge in [-0.15, -0.1) is 10.2 Å². The van der Waals surface area contributed by atoms with Crippen LogP contribution >= 0.6 is 11.6 Å². The SMILES string of the molecule is CCC(C)C(=O)NCc1nnc2n1CCN(Cc1ccc(Cl)cc1)CC2. The van der Waals surface area contributed by atoms with Gasteiger partial charge in [0.05, 0.1) is 6.54 Å². The van der Waals surface area contributed by atoms with Crippen molar-refractivity contribution in [3.8, 4) is 0 Å². The average molecular weight is 376 g/mol. The fourth-order valence-corrected chi connectivity index (χ4v) is 3.22. The lowest BCUT2D eigenvalue weighted by atomic mass is 10.1. The number of carbonyl (C=O) groups excluding carboxylic acids is 1. The van der Waals surface area contributed by atoms with Crippen molar-refractivity contribution in [1.82, 2.24) is 25.0 Å². The van der Waals surface area contributed by atoms with Crippen LogP contribution in [0.5, 0.6) is 0 Å². The number of rotatable bonds is 6. The number of aromatic nitrogens is 3. The second kappa shape index (κ2) is 8.64. The molecule has 0 aliphatic carbocycles. The summed E-state index contributed by atoms with van der Waals surface area (Å²) in [4.78, 5) is 14.4. The highest BCUT2D eigenvalue weighted by Crippen LogP contribution is 2.15. The Hall–Kier alpha value is -1.92. The Morgan fingerprint density at radius 1 is 1.23 bits per heavy atom. The van der Waals surface area contributed by atoms with Gasteiger partial charge in [0.15, 0.2) is 5.82 Å². The summed E-state index contributed by atoms with van der Waals surface area (Å²) in [5.41, 5.74) is 1.26. The molecule has 0 radical (unpaired) electrons. The summed E-state index contributed by atoms with van der Waals surface area (Å²) in [6, 6.07) is 8.01. The molecular formula is C19H26ClN5O. The summed E-state index contributed by atoms with van der Waals surface area (Å²) in [5, 5.41) is 12.3. The van der Waals surface area contributed by atoms with Crippen LogP contribution in [-0.4, -0.2) is 38.7 Å². The number of benzene rings is 1. The number of hydrogen-bond acceptors (Lipinski definition) is 4. The Kier molecular flexibility index (Phi) is 6.27. The van der Waals surface area contributed by atoms with Gasteiger partial charge >= 0.3 is 0 Å². The standard InChI is InChI=1S/C19H26ClN5O/c1-3-14(2)19(26)21-12-18-23-22-17-8-9-24(10-11-25(17)18)13-15-4-6-16(20)7-5-15/h4-7,14H,3,8-13H2,1-2H3,(H,21,26). The molecule has 1 aromatic carbocycles. The first-order chi connectivity index (χ1) is 12.6. The Morgan fingerprint density at radius 3 is 2.73 bits per heavy atom. The zero-order chi connectivity index (χ0) is 18.5. The molecule has 6 nitrogen and oxygen atoms in total. The molecule has 1 atom stereocenters. The van der Waals surface area contributed by atoms with Crippen LogP contribution in [0.2, 0.25) is 5.02 Å². The second-order valence-corrected chi connectivity index (χ2v) is 7.30. The summed E-state index contributed by atoms with van der Waals surface area (Å²) >= 11 is 5.96. The maximum atomic E-state index is 12.0. The van der Waals surface area contributed by atoms with Crippen molar-refractivity contribution in [2.24, 2.45) is 5.92 Å². The maximum Gasteiger partial charge on any atom is 0.223 e. The second-order valence-electron chi connectivity index (χ2n) is 6.86. The van der Waals surface area contributed by atoms with Crippen molar-refractivity contribution in [2.75, 3.05) is 13.1 Å². The van der Waals surface area contributed by atoms with Gasteiger partial charge in [0.25, 0.3) is 0 Å². The number of carbonyl (C=O) groups is 1. The minimum atomic E-state index is 0.0244. The normalized spacial score (nSPS) is 16.0. The molecule has 0 spiro atoms. The lowest BCUT2D eigenvalue weighted by molar-refractivity contribution is -0.124. The van der Waals surface area contributed by atoms with Gasteiger partial charge < -0.3 is 9.88 Å². The molecule has 1 aliphatic rings. The molecule has 1 amide bonds. The lowest BCUT2D eigenvalue weighted by Gasteiger charge is -2.19. The van der Waals surface area contributed by atoms with Gasteiger partial charge in [-0.1, -0.05) is 37.6 Å². The molecule has 0 saturated heterocycles. The van der Waals surface area contributed by atoms with Gasteiger partial charge in [0, 0.05) is 43.5 Å². The number of nitrogens with one attached hydrogen (secondary N) is 1. The summed E-state index contributed by atoms with van der Waals surface area (Å²) in [5.74, 6) is 1.93. The molecule has 140 valence electrons. The molecule has 1 N–H and O–H groups in total. The molecule has 2 heterocycles. The third-order valence-electron chi connectivity index (χ3n) is 5.00. The molecular weight excluding hydrogens is 350 g/mol. The monoisotopic (exact) mass is 375 g/mol. The maximum absolute atomic E-state index is 12.0. The van der Waals surface area contributed by atoms with Crippen LogP contribution in [0.25, 0.3) is 0 Å². The Labute approximate surface area is 159 Å². The highest BCUT2D eigenvalue weighted by Gasteiger charge is 2.19. The van der Waals surface area contributed by atoms with Gasteiger partial charge in [-0.25, -0.2) is 0 Å². The minimum absolute atomic E-state index is 0.0244. The van der Waals surface area contributed by atoms with Crippen molar-refractivity contribution in [1.29, 1.82) is 0 Å². The molecule has 3 rings (SSSR count). The van der Waals surface area contributed by atoms with E-state index in [1.54, 1.807) is 0 Å². The number of nitrogens with zero attached hydrogens (tertiary/aromatic N) is 4. The van der Waals surface area contributed by atoms with E-state index in [0.29, 0.717) is 6.54 Å². The van der Waals surface area contributed by atoms with Crippen LogP contribution in [0, 0.1) is 5.92 Å². The fraction of sp³-hybridized carbons (Fsp3) is 0.526. The first-order valence-electron chi connectivity index (χ1n) is 9.22. The van der Waals surface area contributed by atoms with Crippen molar-refractivity contribution in [3.63, 3.8) is 0 Å². The van der Waals surface area contributed by atoms with E-state index in [2.05, 4.69) is 37.1 Å². The molecule has 0 fully saturated rings.